The number of nitrogens with zero attached hydrogens (tertiary/aromatic N) is 2. The van der Waals surface area contributed by atoms with E-state index >= 15 is 0 Å². The molecule has 0 aliphatic carbocycles. The van der Waals surface area contributed by atoms with Crippen molar-refractivity contribution in [2.24, 2.45) is 0 Å². The molecule has 2 nitrogen and oxygen atoms in total. The number of hydrogen-bond donors (Lipinski definition) is 0. The van der Waals surface area contributed by atoms with Gasteiger partial charge in [-0.25, -0.2) is 9.97 Å². The van der Waals surface area contributed by atoms with Crippen molar-refractivity contribution in [1.82, 2.24) is 9.97 Å². The van der Waals surface area contributed by atoms with Crippen LogP contribution >= 0.6 is 23.2 Å². The number of hydrogen-bond acceptors (Lipinski definition) is 2. The summed E-state index contributed by atoms with van der Waals surface area (Å²) in [6.07, 6.45) is 0.758. The second-order valence-corrected chi connectivity index (χ2v) is 4.56. The van der Waals surface area contributed by atoms with Crippen LogP contribution in [0.25, 0.3) is 11.3 Å². The number of halogens is 2. The van der Waals surface area contributed by atoms with E-state index < -0.39 is 0 Å². The van der Waals surface area contributed by atoms with Crippen molar-refractivity contribution >= 4 is 23.2 Å². The first kappa shape index (κ1) is 12.3. The molecular weight excluding hydrogens is 255 g/mol. The fourth-order valence-corrected chi connectivity index (χ4v) is 1.99. The van der Waals surface area contributed by atoms with Crippen molar-refractivity contribution < 1.29 is 0 Å². The van der Waals surface area contributed by atoms with Gasteiger partial charge in [-0.3, -0.25) is 0 Å². The molecule has 0 atom stereocenters. The lowest BCUT2D eigenvalue weighted by atomic mass is 10.1. The molecule has 0 amide bonds. The monoisotopic (exact) mass is 266 g/mol. The Labute approximate surface area is 111 Å². The first-order valence-electron chi connectivity index (χ1n) is 5.40. The van der Waals surface area contributed by atoms with Crippen LogP contribution < -0.4 is 0 Å². The van der Waals surface area contributed by atoms with Gasteiger partial charge in [0.1, 0.15) is 11.0 Å². The van der Waals surface area contributed by atoms with Gasteiger partial charge in [0.25, 0.3) is 0 Å². The Morgan fingerprint density at radius 2 is 1.94 bits per heavy atom. The molecule has 17 heavy (non-hydrogen) atoms. The fraction of sp³-hybridized carbons (Fsp3) is 0.231. The third-order valence-electron chi connectivity index (χ3n) is 2.55. The molecule has 0 fully saturated rings. The maximum absolute atomic E-state index is 6.10. The maximum atomic E-state index is 6.10. The summed E-state index contributed by atoms with van der Waals surface area (Å²) >= 11 is 12.1. The molecule has 0 unspecified atom stereocenters. The van der Waals surface area contributed by atoms with E-state index in [0.29, 0.717) is 10.2 Å². The highest BCUT2D eigenvalue weighted by molar-refractivity contribution is 6.31. The third kappa shape index (κ3) is 2.59. The molecule has 0 N–H and O–H groups in total. The lowest BCUT2D eigenvalue weighted by Gasteiger charge is -2.08. The molecule has 0 saturated carbocycles. The van der Waals surface area contributed by atoms with Crippen molar-refractivity contribution in [2.45, 2.75) is 20.3 Å². The van der Waals surface area contributed by atoms with Crippen LogP contribution in [0.3, 0.4) is 0 Å². The topological polar surface area (TPSA) is 25.8 Å². The number of benzene rings is 1. The zero-order valence-corrected chi connectivity index (χ0v) is 11.2. The zero-order chi connectivity index (χ0) is 12.4. The average molecular weight is 267 g/mol. The van der Waals surface area contributed by atoms with Gasteiger partial charge < -0.3 is 0 Å². The molecule has 1 heterocycles. The predicted molar refractivity (Wildman–Crippen MR) is 71.6 cm³/mol. The Morgan fingerprint density at radius 3 is 2.59 bits per heavy atom. The van der Waals surface area contributed by atoms with Crippen molar-refractivity contribution in [1.29, 1.82) is 0 Å². The van der Waals surface area contributed by atoms with Crippen molar-refractivity contribution in [2.75, 3.05) is 0 Å². The molecule has 4 heteroatoms. The summed E-state index contributed by atoms with van der Waals surface area (Å²) in [6, 6.07) is 7.59. The van der Waals surface area contributed by atoms with E-state index in [1.807, 2.05) is 38.1 Å². The lowest BCUT2D eigenvalue weighted by Crippen LogP contribution is -1.99. The van der Waals surface area contributed by atoms with Crippen LogP contribution in [0.1, 0.15) is 18.3 Å². The molecule has 0 aliphatic heterocycles. The molecule has 2 rings (SSSR count). The van der Waals surface area contributed by atoms with Crippen LogP contribution in [0.4, 0.5) is 0 Å². The molecule has 0 aliphatic rings. The minimum Gasteiger partial charge on any atom is -0.233 e. The summed E-state index contributed by atoms with van der Waals surface area (Å²) in [5, 5.41) is 1.20. The lowest BCUT2D eigenvalue weighted by molar-refractivity contribution is 0.934. The molecule has 2 aromatic rings. The van der Waals surface area contributed by atoms with Gasteiger partial charge in [-0.1, -0.05) is 42.3 Å². The largest absolute Gasteiger partial charge is 0.233 e. The second-order valence-electron chi connectivity index (χ2n) is 3.77. The van der Waals surface area contributed by atoms with E-state index in [9.17, 15) is 0 Å². The minimum absolute atomic E-state index is 0.506. The van der Waals surface area contributed by atoms with E-state index in [4.69, 9.17) is 23.2 Å². The summed E-state index contributed by atoms with van der Waals surface area (Å²) in [4.78, 5) is 8.73. The molecule has 1 aromatic carbocycles. The van der Waals surface area contributed by atoms with Crippen LogP contribution in [0.2, 0.25) is 10.2 Å². The van der Waals surface area contributed by atoms with E-state index in [1.165, 1.54) is 0 Å². The van der Waals surface area contributed by atoms with Gasteiger partial charge in [0.05, 0.1) is 5.69 Å². The van der Waals surface area contributed by atoms with Gasteiger partial charge in [-0.15, -0.1) is 0 Å². The molecule has 0 bridgehead atoms. The van der Waals surface area contributed by atoms with Gasteiger partial charge in [-0.2, -0.15) is 0 Å². The zero-order valence-electron chi connectivity index (χ0n) is 9.67. The Hall–Kier alpha value is -1.12. The standard InChI is InChI=1S/C13H12Cl2N2/c1-3-11-16-12(8(2)13(15)17-11)9-5-4-6-10(14)7-9/h4-7H,3H2,1-2H3. The molecule has 0 saturated heterocycles. The van der Waals surface area contributed by atoms with Crippen LogP contribution in [0, 0.1) is 6.92 Å². The fourth-order valence-electron chi connectivity index (χ4n) is 1.61. The maximum Gasteiger partial charge on any atom is 0.136 e. The number of aromatic nitrogens is 2. The van der Waals surface area contributed by atoms with Crippen molar-refractivity contribution in [3.63, 3.8) is 0 Å². The van der Waals surface area contributed by atoms with Crippen LogP contribution in [0.5, 0.6) is 0 Å². The Bertz CT molecular complexity index is 553. The normalized spacial score (nSPS) is 10.6. The van der Waals surface area contributed by atoms with Gasteiger partial charge in [-0.05, 0) is 19.1 Å². The molecule has 88 valence electrons. The van der Waals surface area contributed by atoms with Gasteiger partial charge in [0.15, 0.2) is 0 Å². The van der Waals surface area contributed by atoms with Crippen molar-refractivity contribution in [3.05, 3.63) is 45.8 Å². The van der Waals surface area contributed by atoms with Gasteiger partial charge in [0, 0.05) is 22.6 Å². The molecule has 0 radical (unpaired) electrons. The van der Waals surface area contributed by atoms with Gasteiger partial charge >= 0.3 is 0 Å². The average Bonchev–Trinajstić information content (AvgIpc) is 2.32. The summed E-state index contributed by atoms with van der Waals surface area (Å²) in [5.41, 5.74) is 2.70. The Morgan fingerprint density at radius 1 is 1.18 bits per heavy atom. The minimum atomic E-state index is 0.506. The SMILES string of the molecule is CCc1nc(Cl)c(C)c(-c2cccc(Cl)c2)n1. The van der Waals surface area contributed by atoms with Crippen LogP contribution in [-0.4, -0.2) is 9.97 Å². The Balaban J connectivity index is 2.62. The van der Waals surface area contributed by atoms with Crippen molar-refractivity contribution in [3.8, 4) is 11.3 Å². The summed E-state index contributed by atoms with van der Waals surface area (Å²) < 4.78 is 0. The second kappa shape index (κ2) is 5.03. The highest BCUT2D eigenvalue weighted by Gasteiger charge is 2.10. The van der Waals surface area contributed by atoms with Crippen LogP contribution in [-0.2, 0) is 6.42 Å². The van der Waals surface area contributed by atoms with E-state index in [1.54, 1.807) is 0 Å². The van der Waals surface area contributed by atoms with Crippen LogP contribution in [0.15, 0.2) is 24.3 Å². The molecule has 0 spiro atoms. The van der Waals surface area contributed by atoms with E-state index in [2.05, 4.69) is 9.97 Å². The predicted octanol–water partition coefficient (Wildman–Crippen LogP) is 4.32. The highest BCUT2D eigenvalue weighted by Crippen LogP contribution is 2.27. The van der Waals surface area contributed by atoms with E-state index in [0.717, 1.165) is 29.1 Å². The summed E-state index contributed by atoms with van der Waals surface area (Å²) in [7, 11) is 0. The summed E-state index contributed by atoms with van der Waals surface area (Å²) in [6.45, 7) is 3.92. The third-order valence-corrected chi connectivity index (χ3v) is 3.15. The quantitative estimate of drug-likeness (QED) is 0.757. The van der Waals surface area contributed by atoms with Gasteiger partial charge in [0.2, 0.25) is 0 Å². The first-order valence-corrected chi connectivity index (χ1v) is 6.16. The number of rotatable bonds is 2. The number of aryl methyl sites for hydroxylation is 1. The highest BCUT2D eigenvalue weighted by atomic mass is 35.5. The summed E-state index contributed by atoms with van der Waals surface area (Å²) in [5.74, 6) is 0.746. The van der Waals surface area contributed by atoms with E-state index in [-0.39, 0.29) is 0 Å². The molecule has 1 aromatic heterocycles. The smallest absolute Gasteiger partial charge is 0.136 e. The first-order chi connectivity index (χ1) is 8.11. The molecular formula is C13H12Cl2N2. The Kier molecular flexibility index (Phi) is 3.65.